The van der Waals surface area contributed by atoms with Crippen LogP contribution in [-0.2, 0) is 15.6 Å². The van der Waals surface area contributed by atoms with E-state index in [1.807, 2.05) is 17.9 Å². The fourth-order valence-electron chi connectivity index (χ4n) is 3.16. The van der Waals surface area contributed by atoms with Gasteiger partial charge in [-0.05, 0) is 31.5 Å². The predicted octanol–water partition coefficient (Wildman–Crippen LogP) is 1.65. The maximum absolute atomic E-state index is 12.6. The first kappa shape index (κ1) is 19.0. The Hall–Kier alpha value is -1.80. The summed E-state index contributed by atoms with van der Waals surface area (Å²) < 4.78 is 11.7. The minimum Gasteiger partial charge on any atom is -0.359 e. The van der Waals surface area contributed by atoms with Crippen molar-refractivity contribution in [1.29, 1.82) is 0 Å². The van der Waals surface area contributed by atoms with Crippen molar-refractivity contribution >= 4 is 45.7 Å². The minimum atomic E-state index is -0.856. The van der Waals surface area contributed by atoms with Crippen molar-refractivity contribution in [2.24, 2.45) is 0 Å². The molecule has 0 unspecified atom stereocenters. The molecule has 7 nitrogen and oxygen atoms in total. The van der Waals surface area contributed by atoms with Gasteiger partial charge < -0.3 is 20.4 Å². The van der Waals surface area contributed by atoms with Gasteiger partial charge in [0.15, 0.2) is 0 Å². The van der Waals surface area contributed by atoms with Crippen molar-refractivity contribution in [2.75, 3.05) is 47.9 Å². The molecule has 2 N–H and O–H groups in total. The molecule has 3 amide bonds. The fourth-order valence-corrected chi connectivity index (χ4v) is 4.67. The second kappa shape index (κ2) is 8.26. The van der Waals surface area contributed by atoms with Gasteiger partial charge in [-0.2, -0.15) is 0 Å². The number of carbonyl (C=O) groups excluding carboxylic acids is 2. The molecule has 9 heteroatoms. The first-order valence-corrected chi connectivity index (χ1v) is 10.5. The maximum atomic E-state index is 12.6. The Balaban J connectivity index is 1.68. The summed E-state index contributed by atoms with van der Waals surface area (Å²) in [4.78, 5) is 27.8. The van der Waals surface area contributed by atoms with Gasteiger partial charge in [0.2, 0.25) is 5.91 Å². The van der Waals surface area contributed by atoms with Crippen LogP contribution in [0.5, 0.6) is 0 Å². The van der Waals surface area contributed by atoms with Gasteiger partial charge in [-0.25, -0.2) is 4.79 Å². The molecular weight excluding hydrogens is 376 g/mol. The Morgan fingerprint density at radius 3 is 2.88 bits per heavy atom. The van der Waals surface area contributed by atoms with Crippen molar-refractivity contribution in [3.8, 4) is 0 Å². The van der Waals surface area contributed by atoms with E-state index in [1.165, 1.54) is 0 Å². The summed E-state index contributed by atoms with van der Waals surface area (Å²) in [5.41, 5.74) is 1.38. The molecule has 1 aromatic rings. The third kappa shape index (κ3) is 4.48. The number of halogens is 1. The Labute approximate surface area is 160 Å². The number of hydrogen-bond donors (Lipinski definition) is 2. The van der Waals surface area contributed by atoms with E-state index in [0.717, 1.165) is 12.1 Å². The molecule has 2 heterocycles. The molecule has 26 heavy (non-hydrogen) atoms. The highest BCUT2D eigenvalue weighted by Crippen LogP contribution is 2.29. The lowest BCUT2D eigenvalue weighted by atomic mass is 10.2. The van der Waals surface area contributed by atoms with Crippen LogP contribution >= 0.6 is 11.6 Å². The molecule has 2 aliphatic heterocycles. The molecule has 2 fully saturated rings. The number of rotatable bonds is 2. The highest BCUT2D eigenvalue weighted by molar-refractivity contribution is 7.85. The maximum Gasteiger partial charge on any atom is 0.322 e. The van der Waals surface area contributed by atoms with Gasteiger partial charge in [-0.3, -0.25) is 9.00 Å². The molecule has 2 aliphatic rings. The Morgan fingerprint density at radius 1 is 1.35 bits per heavy atom. The smallest absolute Gasteiger partial charge is 0.322 e. The van der Waals surface area contributed by atoms with Crippen LogP contribution in [0.3, 0.4) is 0 Å². The number of hydrogen-bond acceptors (Lipinski definition) is 4. The lowest BCUT2D eigenvalue weighted by Crippen LogP contribution is -2.47. The highest BCUT2D eigenvalue weighted by atomic mass is 35.5. The zero-order valence-electron chi connectivity index (χ0n) is 14.7. The molecule has 1 aromatic carbocycles. The monoisotopic (exact) mass is 398 g/mol. The van der Waals surface area contributed by atoms with Gasteiger partial charge in [0.05, 0.1) is 17.3 Å². The highest BCUT2D eigenvalue weighted by Gasteiger charge is 2.25. The number of nitrogens with one attached hydrogen (secondary N) is 2. The van der Waals surface area contributed by atoms with Crippen LogP contribution in [0.1, 0.15) is 13.3 Å². The molecule has 2 atom stereocenters. The zero-order valence-corrected chi connectivity index (χ0v) is 16.2. The van der Waals surface area contributed by atoms with Crippen molar-refractivity contribution in [2.45, 2.75) is 19.4 Å². The molecule has 0 radical (unpaired) electrons. The number of piperazine rings is 1. The van der Waals surface area contributed by atoms with Crippen molar-refractivity contribution in [1.82, 2.24) is 10.2 Å². The summed E-state index contributed by atoms with van der Waals surface area (Å²) in [5, 5.41) is 6.14. The van der Waals surface area contributed by atoms with E-state index in [4.69, 9.17) is 11.6 Å². The van der Waals surface area contributed by atoms with Crippen molar-refractivity contribution in [3.63, 3.8) is 0 Å². The van der Waals surface area contributed by atoms with Crippen LogP contribution < -0.4 is 15.5 Å². The Kier molecular flexibility index (Phi) is 6.03. The fraction of sp³-hybridized carbons (Fsp3) is 0.529. The Bertz CT molecular complexity index is 730. The van der Waals surface area contributed by atoms with Gasteiger partial charge in [-0.15, -0.1) is 0 Å². The molecule has 0 aromatic heterocycles. The van der Waals surface area contributed by atoms with Crippen molar-refractivity contribution < 1.29 is 13.8 Å². The van der Waals surface area contributed by atoms with Crippen molar-refractivity contribution in [3.05, 3.63) is 23.2 Å². The van der Waals surface area contributed by atoms with Crippen LogP contribution in [0.2, 0.25) is 5.02 Å². The van der Waals surface area contributed by atoms with Crippen LogP contribution in [0.25, 0.3) is 0 Å². The van der Waals surface area contributed by atoms with E-state index in [-0.39, 0.29) is 24.5 Å². The van der Waals surface area contributed by atoms with Crippen LogP contribution in [0.15, 0.2) is 18.2 Å². The van der Waals surface area contributed by atoms with E-state index in [9.17, 15) is 13.8 Å². The van der Waals surface area contributed by atoms with E-state index < -0.39 is 10.8 Å². The van der Waals surface area contributed by atoms with Gasteiger partial charge in [0.1, 0.15) is 0 Å². The molecule has 3 rings (SSSR count). The van der Waals surface area contributed by atoms with Crippen LogP contribution in [0.4, 0.5) is 16.2 Å². The quantitative estimate of drug-likeness (QED) is 0.793. The first-order valence-electron chi connectivity index (χ1n) is 8.68. The summed E-state index contributed by atoms with van der Waals surface area (Å²) in [7, 11) is -0.856. The normalized spacial score (nSPS) is 24.0. The largest absolute Gasteiger partial charge is 0.359 e. The minimum absolute atomic E-state index is 0.0303. The average Bonchev–Trinajstić information content (AvgIpc) is 2.76. The van der Waals surface area contributed by atoms with E-state index in [2.05, 4.69) is 10.6 Å². The topological polar surface area (TPSA) is 81.8 Å². The van der Waals surface area contributed by atoms with Gasteiger partial charge in [-0.1, -0.05) is 11.6 Å². The average molecular weight is 399 g/mol. The SMILES string of the molecule is C[C@@H]1CC[S@](=O)CCN1C(=O)Nc1ccc(N2CCNC(=O)C2)c(Cl)c1. The second-order valence-electron chi connectivity index (χ2n) is 6.55. The van der Waals surface area contributed by atoms with E-state index >= 15 is 0 Å². The molecule has 142 valence electrons. The third-order valence-electron chi connectivity index (χ3n) is 4.69. The molecule has 2 saturated heterocycles. The van der Waals surface area contributed by atoms with E-state index in [0.29, 0.717) is 41.8 Å². The third-order valence-corrected chi connectivity index (χ3v) is 6.33. The Morgan fingerprint density at radius 2 is 2.15 bits per heavy atom. The standard InChI is InChI=1S/C17H23ClN4O3S/c1-12-4-8-26(25)9-7-22(12)17(24)20-13-2-3-15(14(18)10-13)21-6-5-19-16(23)11-21/h2-3,10,12H,4-9,11H2,1H3,(H,19,23)(H,20,24)/t12-,26+/m1/s1. The summed E-state index contributed by atoms with van der Waals surface area (Å²) in [5.74, 6) is 1.11. The molecular formula is C17H23ClN4O3S. The molecule has 0 bridgehead atoms. The van der Waals surface area contributed by atoms with Gasteiger partial charge in [0.25, 0.3) is 0 Å². The summed E-state index contributed by atoms with van der Waals surface area (Å²) in [6, 6.07) is 5.13. The number of urea groups is 1. The number of nitrogens with zero attached hydrogens (tertiary/aromatic N) is 2. The number of carbonyl (C=O) groups is 2. The molecule has 0 saturated carbocycles. The number of amides is 3. The lowest BCUT2D eigenvalue weighted by Gasteiger charge is -2.30. The summed E-state index contributed by atoms with van der Waals surface area (Å²) in [6.07, 6.45) is 0.733. The summed E-state index contributed by atoms with van der Waals surface area (Å²) in [6.45, 7) is 4.00. The molecule has 0 spiro atoms. The summed E-state index contributed by atoms with van der Waals surface area (Å²) >= 11 is 6.38. The van der Waals surface area contributed by atoms with E-state index in [1.54, 1.807) is 17.0 Å². The van der Waals surface area contributed by atoms with Gasteiger partial charge in [0, 0.05) is 53.7 Å². The zero-order chi connectivity index (χ0) is 18.7. The second-order valence-corrected chi connectivity index (χ2v) is 8.65. The van der Waals surface area contributed by atoms with Crippen LogP contribution in [-0.4, -0.2) is 64.8 Å². The van der Waals surface area contributed by atoms with Gasteiger partial charge >= 0.3 is 6.03 Å². The molecule has 0 aliphatic carbocycles. The predicted molar refractivity (Wildman–Crippen MR) is 104 cm³/mol. The number of anilines is 2. The number of benzene rings is 1. The lowest BCUT2D eigenvalue weighted by molar-refractivity contribution is -0.120. The first-order chi connectivity index (χ1) is 12.4. The van der Waals surface area contributed by atoms with Crippen LogP contribution in [0, 0.1) is 0 Å².